The lowest BCUT2D eigenvalue weighted by atomic mass is 10.2. The van der Waals surface area contributed by atoms with Gasteiger partial charge in [-0.2, -0.15) is 17.5 Å². The van der Waals surface area contributed by atoms with Gasteiger partial charge in [0.2, 0.25) is 10.0 Å². The van der Waals surface area contributed by atoms with Crippen molar-refractivity contribution in [1.82, 2.24) is 4.31 Å². The van der Waals surface area contributed by atoms with E-state index in [0.717, 1.165) is 19.3 Å². The summed E-state index contributed by atoms with van der Waals surface area (Å²) >= 11 is 0. The topological polar surface area (TPSA) is 75.7 Å². The van der Waals surface area contributed by atoms with Gasteiger partial charge < -0.3 is 10.1 Å². The molecule has 1 heterocycles. The van der Waals surface area contributed by atoms with Gasteiger partial charge in [0.25, 0.3) is 5.91 Å². The number of amides is 1. The van der Waals surface area contributed by atoms with Crippen LogP contribution in [0.5, 0.6) is 5.75 Å². The van der Waals surface area contributed by atoms with E-state index < -0.39 is 28.7 Å². The highest BCUT2D eigenvalue weighted by Gasteiger charge is 2.29. The van der Waals surface area contributed by atoms with Crippen LogP contribution in [0.3, 0.4) is 0 Å². The maximum Gasteiger partial charge on any atom is 0.422 e. The Labute approximate surface area is 172 Å². The first-order valence-corrected chi connectivity index (χ1v) is 10.8. The molecular formula is C20H21F3N2O4S. The Balaban J connectivity index is 1.78. The fourth-order valence-electron chi connectivity index (χ4n) is 3.10. The van der Waals surface area contributed by atoms with Crippen molar-refractivity contribution in [3.05, 3.63) is 54.1 Å². The van der Waals surface area contributed by atoms with E-state index >= 15 is 0 Å². The van der Waals surface area contributed by atoms with Crippen LogP contribution >= 0.6 is 0 Å². The Bertz CT molecular complexity index is 1000. The molecule has 1 fully saturated rings. The first-order chi connectivity index (χ1) is 14.2. The minimum absolute atomic E-state index is 0.00124. The summed E-state index contributed by atoms with van der Waals surface area (Å²) in [7, 11) is -3.72. The average molecular weight is 442 g/mol. The second-order valence-electron chi connectivity index (χ2n) is 6.85. The monoisotopic (exact) mass is 442 g/mol. The molecule has 1 aliphatic heterocycles. The molecule has 0 atom stereocenters. The van der Waals surface area contributed by atoms with Crippen LogP contribution in [-0.2, 0) is 10.0 Å². The maximum absolute atomic E-state index is 12.8. The van der Waals surface area contributed by atoms with Gasteiger partial charge in [0, 0.05) is 18.7 Å². The van der Waals surface area contributed by atoms with Gasteiger partial charge in [-0.05, 0) is 43.2 Å². The number of hydrogen-bond acceptors (Lipinski definition) is 4. The molecule has 0 spiro atoms. The zero-order valence-corrected chi connectivity index (χ0v) is 16.8. The molecule has 0 saturated carbocycles. The number of anilines is 1. The number of hydrogen-bond donors (Lipinski definition) is 1. The maximum atomic E-state index is 12.8. The number of rotatable bonds is 6. The van der Waals surface area contributed by atoms with Crippen LogP contribution < -0.4 is 10.1 Å². The summed E-state index contributed by atoms with van der Waals surface area (Å²) in [6, 6.07) is 11.3. The zero-order valence-electron chi connectivity index (χ0n) is 16.0. The van der Waals surface area contributed by atoms with Crippen LogP contribution in [0, 0.1) is 0 Å². The Kier molecular flexibility index (Phi) is 6.67. The highest BCUT2D eigenvalue weighted by Crippen LogP contribution is 2.27. The summed E-state index contributed by atoms with van der Waals surface area (Å²) in [4.78, 5) is 12.6. The SMILES string of the molecule is O=C(Nc1ccccc1OCC(F)(F)F)c1cccc(S(=O)(=O)N2CCCCC2)c1. The number of nitrogens with one attached hydrogen (secondary N) is 1. The van der Waals surface area contributed by atoms with Gasteiger partial charge in [0.05, 0.1) is 10.6 Å². The highest BCUT2D eigenvalue weighted by atomic mass is 32.2. The number of sulfonamides is 1. The Morgan fingerprint density at radius 3 is 2.43 bits per heavy atom. The normalized spacial score (nSPS) is 15.6. The van der Waals surface area contributed by atoms with E-state index in [2.05, 4.69) is 5.32 Å². The highest BCUT2D eigenvalue weighted by molar-refractivity contribution is 7.89. The van der Waals surface area contributed by atoms with E-state index in [1.807, 2.05) is 0 Å². The summed E-state index contributed by atoms with van der Waals surface area (Å²) in [5, 5.41) is 2.48. The first-order valence-electron chi connectivity index (χ1n) is 9.37. The summed E-state index contributed by atoms with van der Waals surface area (Å²) in [5.74, 6) is -0.797. The van der Waals surface area contributed by atoms with Crippen LogP contribution in [0.25, 0.3) is 0 Å². The van der Waals surface area contributed by atoms with Gasteiger partial charge in [0.1, 0.15) is 5.75 Å². The van der Waals surface area contributed by atoms with Crippen molar-refractivity contribution in [3.8, 4) is 5.75 Å². The van der Waals surface area contributed by atoms with Crippen LogP contribution in [0.4, 0.5) is 18.9 Å². The second-order valence-corrected chi connectivity index (χ2v) is 8.78. The van der Waals surface area contributed by atoms with Crippen LogP contribution in [-0.4, -0.2) is 44.5 Å². The van der Waals surface area contributed by atoms with Gasteiger partial charge in [-0.25, -0.2) is 8.42 Å². The van der Waals surface area contributed by atoms with E-state index in [1.165, 1.54) is 52.8 Å². The molecule has 2 aromatic carbocycles. The quantitative estimate of drug-likeness (QED) is 0.732. The van der Waals surface area contributed by atoms with Gasteiger partial charge in [-0.15, -0.1) is 0 Å². The molecule has 10 heteroatoms. The van der Waals surface area contributed by atoms with Crippen molar-refractivity contribution in [2.24, 2.45) is 0 Å². The first kappa shape index (κ1) is 22.1. The molecule has 0 unspecified atom stereocenters. The van der Waals surface area contributed by atoms with Crippen molar-refractivity contribution < 1.29 is 31.1 Å². The number of nitrogens with zero attached hydrogens (tertiary/aromatic N) is 1. The fourth-order valence-corrected chi connectivity index (χ4v) is 4.67. The number of carbonyl (C=O) groups excluding carboxylic acids is 1. The minimum atomic E-state index is -4.52. The van der Waals surface area contributed by atoms with Crippen molar-refractivity contribution in [2.75, 3.05) is 25.0 Å². The van der Waals surface area contributed by atoms with E-state index in [4.69, 9.17) is 4.74 Å². The molecule has 1 amide bonds. The number of benzene rings is 2. The van der Waals surface area contributed by atoms with Crippen molar-refractivity contribution >= 4 is 21.6 Å². The van der Waals surface area contributed by atoms with E-state index in [0.29, 0.717) is 13.1 Å². The molecule has 0 bridgehead atoms. The molecule has 1 saturated heterocycles. The third-order valence-electron chi connectivity index (χ3n) is 4.58. The molecule has 2 aromatic rings. The third kappa shape index (κ3) is 5.51. The van der Waals surface area contributed by atoms with E-state index in [1.54, 1.807) is 0 Å². The predicted molar refractivity (Wildman–Crippen MR) is 105 cm³/mol. The molecular weight excluding hydrogens is 421 g/mol. The number of para-hydroxylation sites is 2. The fraction of sp³-hybridized carbons (Fsp3) is 0.350. The smallest absolute Gasteiger partial charge is 0.422 e. The second kappa shape index (κ2) is 9.05. The van der Waals surface area contributed by atoms with Gasteiger partial charge in [0.15, 0.2) is 6.61 Å². The third-order valence-corrected chi connectivity index (χ3v) is 6.47. The number of ether oxygens (including phenoxy) is 1. The lowest BCUT2D eigenvalue weighted by Crippen LogP contribution is -2.35. The number of halogens is 3. The van der Waals surface area contributed by atoms with Gasteiger partial charge in [-0.3, -0.25) is 4.79 Å². The molecule has 30 heavy (non-hydrogen) atoms. The standard InChI is InChI=1S/C20H21F3N2O4S/c21-20(22,23)14-29-18-10-3-2-9-17(18)24-19(26)15-7-6-8-16(13-15)30(27,28)25-11-4-1-5-12-25/h2-3,6-10,13H,1,4-5,11-12,14H2,(H,24,26). The van der Waals surface area contributed by atoms with Crippen LogP contribution in [0.2, 0.25) is 0 Å². The predicted octanol–water partition coefficient (Wildman–Crippen LogP) is 4.05. The summed E-state index contributed by atoms with van der Waals surface area (Å²) in [6.07, 6.45) is -1.97. The summed E-state index contributed by atoms with van der Waals surface area (Å²) in [5.41, 5.74) is 0.120. The van der Waals surface area contributed by atoms with E-state index in [9.17, 15) is 26.4 Å². The molecule has 1 N–H and O–H groups in total. The average Bonchev–Trinajstić information content (AvgIpc) is 2.73. The number of piperidine rings is 1. The molecule has 3 rings (SSSR count). The van der Waals surface area contributed by atoms with Crippen LogP contribution in [0.1, 0.15) is 29.6 Å². The molecule has 1 aliphatic rings. The summed E-state index contributed by atoms with van der Waals surface area (Å²) in [6.45, 7) is -0.630. The molecule has 6 nitrogen and oxygen atoms in total. The molecule has 0 aliphatic carbocycles. The van der Waals surface area contributed by atoms with Gasteiger partial charge in [-0.1, -0.05) is 24.6 Å². The van der Waals surface area contributed by atoms with Crippen molar-refractivity contribution in [3.63, 3.8) is 0 Å². The zero-order chi connectivity index (χ0) is 21.8. The molecule has 0 radical (unpaired) electrons. The minimum Gasteiger partial charge on any atom is -0.482 e. The lowest BCUT2D eigenvalue weighted by Gasteiger charge is -2.26. The lowest BCUT2D eigenvalue weighted by molar-refractivity contribution is -0.153. The number of carbonyl (C=O) groups is 1. The largest absolute Gasteiger partial charge is 0.482 e. The van der Waals surface area contributed by atoms with E-state index in [-0.39, 0.29) is 21.9 Å². The van der Waals surface area contributed by atoms with Crippen LogP contribution in [0.15, 0.2) is 53.4 Å². The number of alkyl halides is 3. The Morgan fingerprint density at radius 2 is 1.73 bits per heavy atom. The van der Waals surface area contributed by atoms with Crippen molar-refractivity contribution in [2.45, 2.75) is 30.3 Å². The summed E-state index contributed by atoms with van der Waals surface area (Å²) < 4.78 is 69.1. The Hall–Kier alpha value is -2.59. The van der Waals surface area contributed by atoms with Crippen molar-refractivity contribution in [1.29, 1.82) is 0 Å². The van der Waals surface area contributed by atoms with Gasteiger partial charge >= 0.3 is 6.18 Å². The Morgan fingerprint density at radius 1 is 1.03 bits per heavy atom. The molecule has 0 aromatic heterocycles. The molecule has 162 valence electrons.